The lowest BCUT2D eigenvalue weighted by atomic mass is 9.62. The lowest BCUT2D eigenvalue weighted by Crippen LogP contribution is -2.33. The molecule has 0 amide bonds. The number of hydrogen-bond donors (Lipinski definition) is 0. The first kappa shape index (κ1) is 30.0. The highest BCUT2D eigenvalue weighted by Crippen LogP contribution is 2.51. The van der Waals surface area contributed by atoms with Crippen LogP contribution in [-0.4, -0.2) is 28.4 Å². The molecule has 0 radical (unpaired) electrons. The number of ether oxygens (including phenoxy) is 4. The lowest BCUT2D eigenvalue weighted by molar-refractivity contribution is 0.407. The van der Waals surface area contributed by atoms with Gasteiger partial charge >= 0.3 is 0 Å². The average molecular weight is 553 g/mol. The summed E-state index contributed by atoms with van der Waals surface area (Å²) in [6, 6.07) is 18.2. The predicted octanol–water partition coefficient (Wildman–Crippen LogP) is 8.57. The van der Waals surface area contributed by atoms with Crippen LogP contribution in [0.4, 0.5) is 0 Å². The van der Waals surface area contributed by atoms with E-state index in [-0.39, 0.29) is 0 Å². The van der Waals surface area contributed by atoms with Crippen LogP contribution < -0.4 is 18.9 Å². The molecular formula is C37H44O4. The molecule has 0 fully saturated rings. The summed E-state index contributed by atoms with van der Waals surface area (Å²) in [6.45, 7) is 17.1. The van der Waals surface area contributed by atoms with Gasteiger partial charge in [0.25, 0.3) is 0 Å². The van der Waals surface area contributed by atoms with Crippen LogP contribution in [0.3, 0.4) is 0 Å². The molecule has 4 aromatic carbocycles. The van der Waals surface area contributed by atoms with E-state index >= 15 is 0 Å². The maximum absolute atomic E-state index is 5.82. The van der Waals surface area contributed by atoms with Crippen molar-refractivity contribution >= 4 is 0 Å². The van der Waals surface area contributed by atoms with E-state index in [1.807, 2.05) is 0 Å². The fourth-order valence-corrected chi connectivity index (χ4v) is 6.85. The van der Waals surface area contributed by atoms with Gasteiger partial charge in [0, 0.05) is 0 Å². The average Bonchev–Trinajstić information content (AvgIpc) is 2.90. The summed E-state index contributed by atoms with van der Waals surface area (Å²) in [7, 11) is 6.96. The van der Waals surface area contributed by atoms with Crippen molar-refractivity contribution in [1.29, 1.82) is 0 Å². The molecule has 4 rings (SSSR count). The van der Waals surface area contributed by atoms with Crippen molar-refractivity contribution in [2.24, 2.45) is 0 Å². The van der Waals surface area contributed by atoms with Crippen LogP contribution >= 0.6 is 0 Å². The summed E-state index contributed by atoms with van der Waals surface area (Å²) in [6.07, 6.45) is 0. The molecule has 0 saturated heterocycles. The second-order valence-corrected chi connectivity index (χ2v) is 11.3. The van der Waals surface area contributed by atoms with Crippen LogP contribution in [0.2, 0.25) is 0 Å². The van der Waals surface area contributed by atoms with E-state index in [4.69, 9.17) is 18.9 Å². The molecule has 4 aromatic rings. The molecule has 0 aliphatic rings. The quantitative estimate of drug-likeness (QED) is 0.205. The largest absolute Gasteiger partial charge is 0.496 e. The van der Waals surface area contributed by atoms with Crippen molar-refractivity contribution in [2.45, 2.75) is 60.8 Å². The van der Waals surface area contributed by atoms with Crippen LogP contribution in [0, 0.1) is 55.4 Å². The van der Waals surface area contributed by atoms with Crippen molar-refractivity contribution in [3.05, 3.63) is 115 Å². The van der Waals surface area contributed by atoms with Crippen LogP contribution in [0.1, 0.15) is 66.8 Å². The van der Waals surface area contributed by atoms with E-state index in [2.05, 4.69) is 104 Å². The summed E-state index contributed by atoms with van der Waals surface area (Å²) in [5, 5.41) is 0. The maximum atomic E-state index is 5.82. The highest BCUT2D eigenvalue weighted by molar-refractivity contribution is 5.67. The smallest absolute Gasteiger partial charge is 0.124 e. The van der Waals surface area contributed by atoms with Crippen LogP contribution in [0.25, 0.3) is 0 Å². The number of benzene rings is 4. The van der Waals surface area contributed by atoms with Gasteiger partial charge in [-0.2, -0.15) is 0 Å². The monoisotopic (exact) mass is 552 g/mol. The van der Waals surface area contributed by atoms with Gasteiger partial charge in [-0.3, -0.25) is 0 Å². The molecule has 0 spiro atoms. The molecule has 4 heteroatoms. The fraction of sp³-hybridized carbons (Fsp3) is 0.351. The molecule has 0 aliphatic carbocycles. The normalized spacial score (nSPS) is 11.4. The van der Waals surface area contributed by atoms with Gasteiger partial charge in [0.05, 0.1) is 33.9 Å². The Hall–Kier alpha value is -3.92. The Labute approximate surface area is 246 Å². The molecule has 4 nitrogen and oxygen atoms in total. The predicted molar refractivity (Wildman–Crippen MR) is 169 cm³/mol. The molecule has 216 valence electrons. The first-order chi connectivity index (χ1) is 19.4. The topological polar surface area (TPSA) is 36.9 Å². The molecule has 0 atom stereocenters. The molecule has 0 aromatic heterocycles. The van der Waals surface area contributed by atoms with Gasteiger partial charge in [-0.05, 0) is 128 Å². The van der Waals surface area contributed by atoms with Gasteiger partial charge < -0.3 is 18.9 Å². The van der Waals surface area contributed by atoms with Gasteiger partial charge in [0.1, 0.15) is 23.0 Å². The Morgan fingerprint density at radius 3 is 0.951 bits per heavy atom. The minimum Gasteiger partial charge on any atom is -0.496 e. The molecule has 0 aliphatic heterocycles. The number of aryl methyl sites for hydroxylation is 8. The van der Waals surface area contributed by atoms with Crippen molar-refractivity contribution in [3.8, 4) is 23.0 Å². The van der Waals surface area contributed by atoms with Crippen LogP contribution in [-0.2, 0) is 5.41 Å². The van der Waals surface area contributed by atoms with Crippen LogP contribution in [0.15, 0.2) is 48.5 Å². The Kier molecular flexibility index (Phi) is 8.44. The van der Waals surface area contributed by atoms with Crippen molar-refractivity contribution in [2.75, 3.05) is 28.4 Å². The Morgan fingerprint density at radius 1 is 0.366 bits per heavy atom. The summed E-state index contributed by atoms with van der Waals surface area (Å²) in [5.74, 6) is 3.62. The Balaban J connectivity index is 2.33. The summed E-state index contributed by atoms with van der Waals surface area (Å²) in [4.78, 5) is 0. The zero-order chi connectivity index (χ0) is 30.2. The summed E-state index contributed by atoms with van der Waals surface area (Å²) in [5.41, 5.74) is 12.9. The second-order valence-electron chi connectivity index (χ2n) is 11.3. The minimum atomic E-state index is -0.660. The van der Waals surface area contributed by atoms with Gasteiger partial charge in [-0.15, -0.1) is 0 Å². The van der Waals surface area contributed by atoms with Gasteiger partial charge in [0.2, 0.25) is 0 Å². The highest BCUT2D eigenvalue weighted by Gasteiger charge is 2.42. The molecule has 0 unspecified atom stereocenters. The van der Waals surface area contributed by atoms with Crippen molar-refractivity contribution in [1.82, 2.24) is 0 Å². The van der Waals surface area contributed by atoms with Crippen LogP contribution in [0.5, 0.6) is 23.0 Å². The van der Waals surface area contributed by atoms with E-state index in [0.717, 1.165) is 67.5 Å². The van der Waals surface area contributed by atoms with Gasteiger partial charge in [-0.25, -0.2) is 0 Å². The third kappa shape index (κ3) is 4.94. The molecule has 0 heterocycles. The van der Waals surface area contributed by atoms with Crippen molar-refractivity contribution < 1.29 is 18.9 Å². The van der Waals surface area contributed by atoms with Crippen molar-refractivity contribution in [3.63, 3.8) is 0 Å². The molecule has 0 saturated carbocycles. The first-order valence-electron chi connectivity index (χ1n) is 14.1. The standard InChI is InChI=1S/C37H44O4/c1-21-20-33(38-9)22(2)19-32(21)37(29-13-23(3)34(39-10)24(4)14-29,30-15-25(5)35(40-11)26(6)16-30)31-17-27(7)36(41-12)28(8)18-31/h13-20H,1-12H3. The summed E-state index contributed by atoms with van der Waals surface area (Å²) < 4.78 is 23.2. The summed E-state index contributed by atoms with van der Waals surface area (Å²) >= 11 is 0. The highest BCUT2D eigenvalue weighted by atomic mass is 16.5. The molecule has 0 bridgehead atoms. The van der Waals surface area contributed by atoms with E-state index < -0.39 is 5.41 Å². The third-order valence-electron chi connectivity index (χ3n) is 8.44. The maximum Gasteiger partial charge on any atom is 0.124 e. The molecule has 0 N–H and O–H groups in total. The number of methoxy groups -OCH3 is 4. The third-order valence-corrected chi connectivity index (χ3v) is 8.44. The molecule has 41 heavy (non-hydrogen) atoms. The van der Waals surface area contributed by atoms with E-state index in [0.29, 0.717) is 0 Å². The van der Waals surface area contributed by atoms with E-state index in [1.54, 1.807) is 28.4 Å². The lowest BCUT2D eigenvalue weighted by Gasteiger charge is -2.40. The van der Waals surface area contributed by atoms with Gasteiger partial charge in [-0.1, -0.05) is 42.5 Å². The molecular weight excluding hydrogens is 508 g/mol. The van der Waals surface area contributed by atoms with Gasteiger partial charge in [0.15, 0.2) is 0 Å². The first-order valence-corrected chi connectivity index (χ1v) is 14.1. The Bertz CT molecular complexity index is 1400. The van der Waals surface area contributed by atoms with E-state index in [9.17, 15) is 0 Å². The Morgan fingerprint density at radius 2 is 0.683 bits per heavy atom. The van der Waals surface area contributed by atoms with E-state index in [1.165, 1.54) is 22.3 Å². The minimum absolute atomic E-state index is 0.660. The zero-order valence-corrected chi connectivity index (χ0v) is 26.8. The second kappa shape index (κ2) is 11.5. The number of hydrogen-bond acceptors (Lipinski definition) is 4. The fourth-order valence-electron chi connectivity index (χ4n) is 6.85. The number of rotatable bonds is 8. The zero-order valence-electron chi connectivity index (χ0n) is 26.8. The SMILES string of the molecule is COc1cc(C)c(C(c2cc(C)c(OC)c(C)c2)(c2cc(C)c(OC)c(C)c2)c2cc(C)c(OC)c(C)c2)cc1C.